The number of nitrogens with one attached hydrogen (secondary N) is 1. The molecule has 112 valence electrons. The summed E-state index contributed by atoms with van der Waals surface area (Å²) in [6, 6.07) is 10.2. The summed E-state index contributed by atoms with van der Waals surface area (Å²) in [7, 11) is 0. The van der Waals surface area contributed by atoms with Crippen LogP contribution in [0, 0.1) is 0 Å². The van der Waals surface area contributed by atoms with E-state index in [4.69, 9.17) is 21.1 Å². The maximum Gasteiger partial charge on any atom is 0.128 e. The molecule has 0 aliphatic carbocycles. The summed E-state index contributed by atoms with van der Waals surface area (Å²) in [6.07, 6.45) is 1.12. The molecule has 1 aromatic heterocycles. The lowest BCUT2D eigenvalue weighted by atomic mass is 10.1. The highest BCUT2D eigenvalue weighted by Crippen LogP contribution is 2.35. The van der Waals surface area contributed by atoms with Crippen LogP contribution in [-0.2, 0) is 6.61 Å². The quantitative estimate of drug-likeness (QED) is 0.854. The van der Waals surface area contributed by atoms with Gasteiger partial charge in [0.05, 0.1) is 10.4 Å². The zero-order chi connectivity index (χ0) is 14.7. The Morgan fingerprint density at radius 3 is 3.05 bits per heavy atom. The largest absolute Gasteiger partial charge is 0.491 e. The molecule has 5 heteroatoms. The molecule has 0 spiro atoms. The van der Waals surface area contributed by atoms with E-state index >= 15 is 0 Å². The van der Waals surface area contributed by atoms with Crippen LogP contribution in [0.4, 0.5) is 0 Å². The minimum Gasteiger partial charge on any atom is -0.491 e. The van der Waals surface area contributed by atoms with Crippen LogP contribution >= 0.6 is 22.9 Å². The van der Waals surface area contributed by atoms with Crippen molar-refractivity contribution in [2.75, 3.05) is 13.2 Å². The van der Waals surface area contributed by atoms with E-state index in [9.17, 15) is 0 Å². The molecule has 0 amide bonds. The number of fused-ring (bicyclic) bond motifs is 1. The number of benzene rings is 1. The normalized spacial score (nSPS) is 16.6. The van der Waals surface area contributed by atoms with Gasteiger partial charge < -0.3 is 14.8 Å². The smallest absolute Gasteiger partial charge is 0.128 e. The fourth-order valence-electron chi connectivity index (χ4n) is 2.35. The molecule has 3 rings (SSSR count). The molecule has 0 saturated heterocycles. The van der Waals surface area contributed by atoms with Crippen molar-refractivity contribution in [3.05, 3.63) is 45.1 Å². The Morgan fingerprint density at radius 1 is 1.38 bits per heavy atom. The van der Waals surface area contributed by atoms with Gasteiger partial charge in [-0.25, -0.2) is 0 Å². The van der Waals surface area contributed by atoms with Crippen molar-refractivity contribution in [2.45, 2.75) is 26.0 Å². The van der Waals surface area contributed by atoms with Crippen molar-refractivity contribution >= 4 is 22.9 Å². The Bertz CT molecular complexity index is 614. The van der Waals surface area contributed by atoms with Crippen molar-refractivity contribution in [2.24, 2.45) is 0 Å². The molecule has 1 aliphatic rings. The molecular formula is C16H18ClNO2S. The van der Waals surface area contributed by atoms with Crippen LogP contribution in [0.25, 0.3) is 0 Å². The van der Waals surface area contributed by atoms with Gasteiger partial charge in [-0.3, -0.25) is 0 Å². The minimum absolute atomic E-state index is 0.296. The molecule has 1 unspecified atom stereocenters. The second-order valence-electron chi connectivity index (χ2n) is 5.01. The van der Waals surface area contributed by atoms with Gasteiger partial charge in [0, 0.05) is 16.5 Å². The van der Waals surface area contributed by atoms with Crippen LogP contribution < -0.4 is 14.8 Å². The third kappa shape index (κ3) is 3.51. The summed E-state index contributed by atoms with van der Waals surface area (Å²) in [4.78, 5) is 1.11. The van der Waals surface area contributed by atoms with Crippen LogP contribution in [-0.4, -0.2) is 13.2 Å². The van der Waals surface area contributed by atoms with Gasteiger partial charge in [-0.1, -0.05) is 18.5 Å². The predicted molar refractivity (Wildman–Crippen MR) is 86.6 cm³/mol. The van der Waals surface area contributed by atoms with E-state index in [0.717, 1.165) is 33.7 Å². The summed E-state index contributed by atoms with van der Waals surface area (Å²) >= 11 is 7.45. The average molecular weight is 324 g/mol. The first kappa shape index (κ1) is 14.7. The number of hydrogen-bond acceptors (Lipinski definition) is 4. The van der Waals surface area contributed by atoms with E-state index in [1.54, 1.807) is 11.3 Å². The second kappa shape index (κ2) is 6.69. The fraction of sp³-hybridized carbons (Fsp3) is 0.375. The maximum atomic E-state index is 5.91. The van der Waals surface area contributed by atoms with Crippen LogP contribution in [0.3, 0.4) is 0 Å². The first-order valence-corrected chi connectivity index (χ1v) is 8.33. The number of rotatable bonds is 6. The molecule has 0 fully saturated rings. The Balaban J connectivity index is 1.64. The van der Waals surface area contributed by atoms with Gasteiger partial charge in [-0.15, -0.1) is 11.3 Å². The monoisotopic (exact) mass is 323 g/mol. The Labute approximate surface area is 133 Å². The van der Waals surface area contributed by atoms with Crippen LogP contribution in [0.2, 0.25) is 4.34 Å². The SMILES string of the molecule is CCCNC1COc2cc(OCc3ccc(Cl)s3)ccc21. The topological polar surface area (TPSA) is 30.5 Å². The van der Waals surface area contributed by atoms with Gasteiger partial charge in [-0.2, -0.15) is 0 Å². The van der Waals surface area contributed by atoms with E-state index in [0.29, 0.717) is 19.3 Å². The standard InChI is InChI=1S/C16H18ClNO2S/c1-2-7-18-14-10-20-15-8-11(3-5-13(14)15)19-9-12-4-6-16(17)21-12/h3-6,8,14,18H,2,7,9-10H2,1H3. The Hall–Kier alpha value is -1.23. The zero-order valence-electron chi connectivity index (χ0n) is 11.9. The molecule has 1 atom stereocenters. The lowest BCUT2D eigenvalue weighted by molar-refractivity contribution is 0.299. The van der Waals surface area contributed by atoms with Gasteiger partial charge in [-0.05, 0) is 37.2 Å². The van der Waals surface area contributed by atoms with Gasteiger partial charge in [0.2, 0.25) is 0 Å². The minimum atomic E-state index is 0.296. The third-order valence-corrected chi connectivity index (χ3v) is 4.62. The van der Waals surface area contributed by atoms with E-state index in [-0.39, 0.29) is 0 Å². The van der Waals surface area contributed by atoms with E-state index < -0.39 is 0 Å². The lowest BCUT2D eigenvalue weighted by Gasteiger charge is -2.10. The Kier molecular flexibility index (Phi) is 4.68. The lowest BCUT2D eigenvalue weighted by Crippen LogP contribution is -2.22. The van der Waals surface area contributed by atoms with E-state index in [2.05, 4.69) is 18.3 Å². The summed E-state index contributed by atoms with van der Waals surface area (Å²) in [5.41, 5.74) is 1.22. The molecule has 1 N–H and O–H groups in total. The summed E-state index contributed by atoms with van der Waals surface area (Å²) in [5, 5.41) is 3.49. The molecule has 0 bridgehead atoms. The van der Waals surface area contributed by atoms with Crippen LogP contribution in [0.1, 0.15) is 29.8 Å². The molecular weight excluding hydrogens is 306 g/mol. The number of thiophene rings is 1. The third-order valence-electron chi connectivity index (χ3n) is 3.42. The van der Waals surface area contributed by atoms with Crippen molar-refractivity contribution in [1.29, 1.82) is 0 Å². The summed E-state index contributed by atoms with van der Waals surface area (Å²) in [5.74, 6) is 1.75. The Morgan fingerprint density at radius 2 is 2.29 bits per heavy atom. The van der Waals surface area contributed by atoms with Crippen molar-refractivity contribution < 1.29 is 9.47 Å². The summed E-state index contributed by atoms with van der Waals surface area (Å²) in [6.45, 7) is 4.40. The first-order chi connectivity index (χ1) is 10.3. The predicted octanol–water partition coefficient (Wildman–Crippen LogP) is 4.41. The highest BCUT2D eigenvalue weighted by molar-refractivity contribution is 7.16. The number of ether oxygens (including phenoxy) is 2. The van der Waals surface area contributed by atoms with Gasteiger partial charge in [0.15, 0.2) is 0 Å². The highest BCUT2D eigenvalue weighted by Gasteiger charge is 2.23. The van der Waals surface area contributed by atoms with Crippen molar-refractivity contribution in [1.82, 2.24) is 5.32 Å². The summed E-state index contributed by atoms with van der Waals surface area (Å²) < 4.78 is 12.3. The molecule has 3 nitrogen and oxygen atoms in total. The van der Waals surface area contributed by atoms with Crippen molar-refractivity contribution in [3.8, 4) is 11.5 Å². The molecule has 0 saturated carbocycles. The van der Waals surface area contributed by atoms with Crippen molar-refractivity contribution in [3.63, 3.8) is 0 Å². The van der Waals surface area contributed by atoms with E-state index in [1.165, 1.54) is 5.56 Å². The van der Waals surface area contributed by atoms with Crippen LogP contribution in [0.5, 0.6) is 11.5 Å². The molecule has 2 heterocycles. The number of hydrogen-bond donors (Lipinski definition) is 1. The molecule has 2 aromatic rings. The second-order valence-corrected chi connectivity index (χ2v) is 6.81. The zero-order valence-corrected chi connectivity index (χ0v) is 13.5. The average Bonchev–Trinajstić information content (AvgIpc) is 3.09. The highest BCUT2D eigenvalue weighted by atomic mass is 35.5. The maximum absolute atomic E-state index is 5.91. The number of halogens is 1. The molecule has 1 aromatic carbocycles. The molecule has 0 radical (unpaired) electrons. The first-order valence-electron chi connectivity index (χ1n) is 7.13. The van der Waals surface area contributed by atoms with Gasteiger partial charge in [0.25, 0.3) is 0 Å². The van der Waals surface area contributed by atoms with Crippen LogP contribution in [0.15, 0.2) is 30.3 Å². The molecule has 21 heavy (non-hydrogen) atoms. The fourth-order valence-corrected chi connectivity index (χ4v) is 3.35. The van der Waals surface area contributed by atoms with Gasteiger partial charge >= 0.3 is 0 Å². The van der Waals surface area contributed by atoms with E-state index in [1.807, 2.05) is 24.3 Å². The molecule has 1 aliphatic heterocycles. The van der Waals surface area contributed by atoms with Gasteiger partial charge in [0.1, 0.15) is 24.7 Å².